The lowest BCUT2D eigenvalue weighted by Gasteiger charge is -2.25. The van der Waals surface area contributed by atoms with Crippen LogP contribution in [-0.4, -0.2) is 39.0 Å². The van der Waals surface area contributed by atoms with Crippen LogP contribution >= 0.6 is 15.9 Å². The van der Waals surface area contributed by atoms with E-state index in [1.165, 1.54) is 0 Å². The third kappa shape index (κ3) is 2.26. The number of ketones is 1. The van der Waals surface area contributed by atoms with Crippen LogP contribution in [0.5, 0.6) is 0 Å². The van der Waals surface area contributed by atoms with Crippen molar-refractivity contribution in [3.8, 4) is 0 Å². The number of amidine groups is 1. The van der Waals surface area contributed by atoms with E-state index in [0.717, 1.165) is 21.5 Å². The molecule has 3 heterocycles. The van der Waals surface area contributed by atoms with Gasteiger partial charge >= 0.3 is 0 Å². The quantitative estimate of drug-likeness (QED) is 0.644. The Morgan fingerprint density at radius 1 is 1.12 bits per heavy atom. The highest BCUT2D eigenvalue weighted by atomic mass is 79.9. The van der Waals surface area contributed by atoms with Gasteiger partial charge in [0.2, 0.25) is 5.78 Å². The van der Waals surface area contributed by atoms with Crippen molar-refractivity contribution in [3.63, 3.8) is 0 Å². The van der Waals surface area contributed by atoms with Crippen molar-refractivity contribution in [1.82, 2.24) is 14.3 Å². The fourth-order valence-electron chi connectivity index (χ4n) is 2.89. The number of nitrogens with zero attached hydrogens (tertiary/aromatic N) is 4. The van der Waals surface area contributed by atoms with Gasteiger partial charge < -0.3 is 4.90 Å². The summed E-state index contributed by atoms with van der Waals surface area (Å²) in [6.07, 6.45) is 1.85. The first-order valence-electron chi connectivity index (χ1n) is 7.65. The third-order valence-electron chi connectivity index (χ3n) is 4.35. The van der Waals surface area contributed by atoms with Crippen molar-refractivity contribution >= 4 is 39.0 Å². The maximum atomic E-state index is 13.0. The number of hydrogen-bond donors (Lipinski definition) is 0. The number of halogens is 1. The number of imidazole rings is 1. The Balaban J connectivity index is 1.97. The van der Waals surface area contributed by atoms with Crippen LogP contribution in [0.1, 0.15) is 23.0 Å². The molecule has 0 N–H and O–H groups in total. The zero-order valence-corrected chi connectivity index (χ0v) is 14.9. The molecule has 4 rings (SSSR count). The Bertz CT molecular complexity index is 974. The predicted octanol–water partition coefficient (Wildman–Crippen LogP) is 3.69. The molecule has 0 spiro atoms. The number of aliphatic imine (C=N–C) groups is 1. The van der Waals surface area contributed by atoms with E-state index in [-0.39, 0.29) is 11.8 Å². The van der Waals surface area contributed by atoms with Gasteiger partial charge in [-0.25, -0.2) is 9.98 Å². The van der Waals surface area contributed by atoms with Crippen molar-refractivity contribution in [2.24, 2.45) is 4.99 Å². The van der Waals surface area contributed by atoms with E-state index in [0.29, 0.717) is 11.5 Å². The maximum Gasteiger partial charge on any atom is 0.205 e. The van der Waals surface area contributed by atoms with Crippen LogP contribution < -0.4 is 0 Å². The highest BCUT2D eigenvalue weighted by Gasteiger charge is 2.32. The van der Waals surface area contributed by atoms with Gasteiger partial charge in [-0.2, -0.15) is 0 Å². The van der Waals surface area contributed by atoms with Gasteiger partial charge in [-0.05, 0) is 31.2 Å². The molecule has 0 fully saturated rings. The first kappa shape index (κ1) is 15.1. The van der Waals surface area contributed by atoms with Crippen LogP contribution in [-0.2, 0) is 0 Å². The van der Waals surface area contributed by atoms with Gasteiger partial charge in [-0.3, -0.25) is 9.20 Å². The van der Waals surface area contributed by atoms with Crippen LogP contribution in [0.2, 0.25) is 0 Å². The largest absolute Gasteiger partial charge is 0.349 e. The standard InChI is InChI=1S/C18H15BrN4O/c1-11-16(24)15-17(20-14-5-3-4-10-23(14)15)21-18(22(11)2)12-6-8-13(19)9-7-12/h3-11H,1-2H3/t11-/m0/s1. The minimum absolute atomic E-state index is 0.0158. The summed E-state index contributed by atoms with van der Waals surface area (Å²) in [7, 11) is 1.89. The summed E-state index contributed by atoms with van der Waals surface area (Å²) in [6.45, 7) is 1.90. The van der Waals surface area contributed by atoms with Crippen LogP contribution in [0.25, 0.3) is 5.65 Å². The second-order valence-corrected chi connectivity index (χ2v) is 6.72. The van der Waals surface area contributed by atoms with Crippen molar-refractivity contribution in [3.05, 3.63) is 64.4 Å². The van der Waals surface area contributed by atoms with Crippen LogP contribution in [0.3, 0.4) is 0 Å². The molecule has 1 aliphatic rings. The molecule has 0 unspecified atom stereocenters. The lowest BCUT2D eigenvalue weighted by atomic mass is 10.1. The zero-order chi connectivity index (χ0) is 16.8. The van der Waals surface area contributed by atoms with E-state index in [9.17, 15) is 4.79 Å². The number of rotatable bonds is 1. The van der Waals surface area contributed by atoms with Gasteiger partial charge in [-0.1, -0.05) is 34.1 Å². The van der Waals surface area contributed by atoms with Crippen LogP contribution in [0, 0.1) is 0 Å². The van der Waals surface area contributed by atoms with Gasteiger partial charge in [0, 0.05) is 23.3 Å². The molecule has 5 nitrogen and oxygen atoms in total. The SMILES string of the molecule is C[C@H]1C(=O)c2c(nc3ccccn23)N=C(c2ccc(Br)cc2)N1C. The number of hydrogen-bond acceptors (Lipinski definition) is 4. The molecule has 1 atom stereocenters. The smallest absolute Gasteiger partial charge is 0.205 e. The first-order chi connectivity index (χ1) is 11.6. The van der Waals surface area contributed by atoms with Gasteiger partial charge in [0.15, 0.2) is 5.82 Å². The van der Waals surface area contributed by atoms with Crippen molar-refractivity contribution in [2.45, 2.75) is 13.0 Å². The average Bonchev–Trinajstić information content (AvgIpc) is 2.92. The highest BCUT2D eigenvalue weighted by molar-refractivity contribution is 9.10. The first-order valence-corrected chi connectivity index (χ1v) is 8.44. The minimum atomic E-state index is -0.325. The van der Waals surface area contributed by atoms with Crippen LogP contribution in [0.15, 0.2) is 58.1 Å². The van der Waals surface area contributed by atoms with Gasteiger partial charge in [0.25, 0.3) is 0 Å². The summed E-state index contributed by atoms with van der Waals surface area (Å²) in [5.41, 5.74) is 2.22. The Kier molecular flexibility index (Phi) is 3.49. The van der Waals surface area contributed by atoms with Crippen LogP contribution in [0.4, 0.5) is 5.82 Å². The molecule has 3 aromatic rings. The van der Waals surface area contributed by atoms with Gasteiger partial charge in [-0.15, -0.1) is 0 Å². The predicted molar refractivity (Wildman–Crippen MR) is 97.1 cm³/mol. The van der Waals surface area contributed by atoms with E-state index in [2.05, 4.69) is 20.9 Å². The fourth-order valence-corrected chi connectivity index (χ4v) is 3.16. The number of Topliss-reactive ketones (excluding diaryl/α,β-unsaturated/α-hetero) is 1. The summed E-state index contributed by atoms with van der Waals surface area (Å²) in [6, 6.07) is 13.2. The van der Waals surface area contributed by atoms with E-state index in [1.54, 1.807) is 0 Å². The molecule has 1 aromatic carbocycles. The molecule has 6 heteroatoms. The lowest BCUT2D eigenvalue weighted by molar-refractivity contribution is 0.0911. The monoisotopic (exact) mass is 382 g/mol. The second kappa shape index (κ2) is 5.56. The molecule has 2 aromatic heterocycles. The molecular weight excluding hydrogens is 368 g/mol. The number of pyridine rings is 1. The number of fused-ring (bicyclic) bond motifs is 3. The van der Waals surface area contributed by atoms with Gasteiger partial charge in [0.1, 0.15) is 17.2 Å². The lowest BCUT2D eigenvalue weighted by Crippen LogP contribution is -2.39. The third-order valence-corrected chi connectivity index (χ3v) is 4.88. The molecule has 0 amide bonds. The molecule has 0 saturated heterocycles. The molecule has 0 radical (unpaired) electrons. The Morgan fingerprint density at radius 2 is 1.88 bits per heavy atom. The normalized spacial score (nSPS) is 17.6. The van der Waals surface area contributed by atoms with Gasteiger partial charge in [0.05, 0.1) is 6.04 Å². The van der Waals surface area contributed by atoms with E-state index >= 15 is 0 Å². The topological polar surface area (TPSA) is 50.0 Å². The average molecular weight is 383 g/mol. The summed E-state index contributed by atoms with van der Waals surface area (Å²) >= 11 is 3.45. The minimum Gasteiger partial charge on any atom is -0.349 e. The van der Waals surface area contributed by atoms with Crippen molar-refractivity contribution in [2.75, 3.05) is 7.05 Å². The molecule has 1 aliphatic heterocycles. The molecular formula is C18H15BrN4O. The number of likely N-dealkylation sites (N-methyl/N-ethyl adjacent to an activating group) is 1. The summed E-state index contributed by atoms with van der Waals surface area (Å²) in [4.78, 5) is 24.2. The highest BCUT2D eigenvalue weighted by Crippen LogP contribution is 2.28. The summed E-state index contributed by atoms with van der Waals surface area (Å²) in [5, 5.41) is 0. The molecule has 24 heavy (non-hydrogen) atoms. The van der Waals surface area contributed by atoms with E-state index < -0.39 is 0 Å². The molecule has 0 saturated carbocycles. The second-order valence-electron chi connectivity index (χ2n) is 5.81. The molecule has 0 bridgehead atoms. The molecule has 120 valence electrons. The Morgan fingerprint density at radius 3 is 2.62 bits per heavy atom. The number of carbonyl (C=O) groups is 1. The Labute approximate surface area is 147 Å². The summed E-state index contributed by atoms with van der Waals surface area (Å²) < 4.78 is 2.82. The zero-order valence-electron chi connectivity index (χ0n) is 13.3. The number of aromatic nitrogens is 2. The Hall–Kier alpha value is -2.47. The fraction of sp³-hybridized carbons (Fsp3) is 0.167. The van der Waals surface area contributed by atoms with E-state index in [1.807, 2.05) is 71.9 Å². The number of carbonyl (C=O) groups excluding carboxylic acids is 1. The van der Waals surface area contributed by atoms with Crippen molar-refractivity contribution in [1.29, 1.82) is 0 Å². The molecule has 0 aliphatic carbocycles. The van der Waals surface area contributed by atoms with Crippen molar-refractivity contribution < 1.29 is 4.79 Å². The van der Waals surface area contributed by atoms with E-state index in [4.69, 9.17) is 4.99 Å². The number of benzene rings is 1. The maximum absolute atomic E-state index is 13.0. The summed E-state index contributed by atoms with van der Waals surface area (Å²) in [5.74, 6) is 1.23.